The number of esters is 1. The Morgan fingerprint density at radius 3 is 1.81 bits per heavy atom. The Hall–Kier alpha value is -1.36. The molecule has 0 aromatic rings. The van der Waals surface area contributed by atoms with Gasteiger partial charge in [-0.2, -0.15) is 0 Å². The first-order valence-corrected chi connectivity index (χ1v) is 10.1. The van der Waals surface area contributed by atoms with E-state index in [9.17, 15) is 14.7 Å². The van der Waals surface area contributed by atoms with E-state index in [4.69, 9.17) is 4.74 Å². The molecule has 0 heterocycles. The minimum atomic E-state index is -1.35. The third-order valence-corrected chi connectivity index (χ3v) is 4.28. The summed E-state index contributed by atoms with van der Waals surface area (Å²) >= 11 is 0. The van der Waals surface area contributed by atoms with Crippen LogP contribution >= 0.6 is 0 Å². The molecule has 0 aliphatic carbocycles. The summed E-state index contributed by atoms with van der Waals surface area (Å²) in [5, 5.41) is 10.5. The van der Waals surface area contributed by atoms with Crippen molar-refractivity contribution in [1.82, 2.24) is 6.15 Å². The van der Waals surface area contributed by atoms with Gasteiger partial charge >= 0.3 is 5.97 Å². The molecule has 0 radical (unpaired) electrons. The largest absolute Gasteiger partial charge is 0.546 e. The number of aliphatic carboxylic acids is 1. The van der Waals surface area contributed by atoms with Crippen LogP contribution < -0.4 is 11.3 Å². The maximum absolute atomic E-state index is 11.4. The summed E-state index contributed by atoms with van der Waals surface area (Å²) < 4.78 is 4.72. The Bertz CT molecular complexity index is 369. The molecule has 0 saturated carbocycles. The molecule has 26 heavy (non-hydrogen) atoms. The van der Waals surface area contributed by atoms with E-state index in [-0.39, 0.29) is 12.6 Å². The van der Waals surface area contributed by atoms with E-state index in [0.29, 0.717) is 0 Å². The first-order valence-electron chi connectivity index (χ1n) is 10.1. The number of hydrogen-bond donors (Lipinski definition) is 1. The van der Waals surface area contributed by atoms with Gasteiger partial charge in [0, 0.05) is 6.42 Å². The SMILES string of the molecule is CCCCCCCC/C=C\CCCCCCCC(=O)OC(C)C(=O)[O-].[NH4+]. The van der Waals surface area contributed by atoms with Crippen LogP contribution in [0.5, 0.6) is 0 Å². The summed E-state index contributed by atoms with van der Waals surface area (Å²) in [6.45, 7) is 3.56. The predicted molar refractivity (Wildman–Crippen MR) is 106 cm³/mol. The summed E-state index contributed by atoms with van der Waals surface area (Å²) in [7, 11) is 0. The maximum atomic E-state index is 11.4. The van der Waals surface area contributed by atoms with Gasteiger partial charge in [-0.15, -0.1) is 0 Å². The van der Waals surface area contributed by atoms with Crippen molar-refractivity contribution < 1.29 is 19.4 Å². The number of allylic oxidation sites excluding steroid dienone is 2. The van der Waals surface area contributed by atoms with Crippen LogP contribution in [-0.2, 0) is 14.3 Å². The van der Waals surface area contributed by atoms with Gasteiger partial charge in [-0.25, -0.2) is 0 Å². The fraction of sp³-hybridized carbons (Fsp3) is 0.810. The van der Waals surface area contributed by atoms with E-state index in [1.165, 1.54) is 64.7 Å². The van der Waals surface area contributed by atoms with E-state index in [1.807, 2.05) is 0 Å². The Balaban J connectivity index is 0. The van der Waals surface area contributed by atoms with Gasteiger partial charge in [0.25, 0.3) is 0 Å². The number of quaternary nitrogens is 1. The zero-order valence-electron chi connectivity index (χ0n) is 17.3. The van der Waals surface area contributed by atoms with Gasteiger partial charge in [0.2, 0.25) is 0 Å². The fourth-order valence-corrected chi connectivity index (χ4v) is 2.64. The molecule has 0 aliphatic rings. The molecule has 0 aromatic carbocycles. The first kappa shape index (κ1) is 26.9. The molecule has 1 atom stereocenters. The monoisotopic (exact) mass is 371 g/mol. The minimum Gasteiger partial charge on any atom is -0.546 e. The molecular formula is C21H41NO4. The lowest BCUT2D eigenvalue weighted by Gasteiger charge is -2.13. The minimum absolute atomic E-state index is 0. The first-order chi connectivity index (χ1) is 12.1. The van der Waals surface area contributed by atoms with Crippen molar-refractivity contribution in [2.24, 2.45) is 0 Å². The van der Waals surface area contributed by atoms with Gasteiger partial charge in [0.15, 0.2) is 0 Å². The molecule has 0 rings (SSSR count). The van der Waals surface area contributed by atoms with Crippen LogP contribution in [0.2, 0.25) is 0 Å². The van der Waals surface area contributed by atoms with E-state index in [0.717, 1.165) is 25.7 Å². The Morgan fingerprint density at radius 1 is 0.846 bits per heavy atom. The summed E-state index contributed by atoms with van der Waals surface area (Å²) in [5.41, 5.74) is 0. The molecule has 0 fully saturated rings. The van der Waals surface area contributed by atoms with Crippen LogP contribution in [0, 0.1) is 0 Å². The molecule has 1 unspecified atom stereocenters. The normalized spacial score (nSPS) is 11.9. The number of carbonyl (C=O) groups excluding carboxylic acids is 2. The lowest BCUT2D eigenvalue weighted by Crippen LogP contribution is -2.36. The van der Waals surface area contributed by atoms with Crippen LogP contribution in [0.1, 0.15) is 104 Å². The molecule has 4 N–H and O–H groups in total. The molecule has 0 saturated heterocycles. The molecule has 0 aliphatic heterocycles. The van der Waals surface area contributed by atoms with E-state index >= 15 is 0 Å². The highest BCUT2D eigenvalue weighted by molar-refractivity contribution is 5.76. The highest BCUT2D eigenvalue weighted by Crippen LogP contribution is 2.10. The van der Waals surface area contributed by atoms with Crippen molar-refractivity contribution in [3.05, 3.63) is 12.2 Å². The van der Waals surface area contributed by atoms with Crippen molar-refractivity contribution >= 4 is 11.9 Å². The third kappa shape index (κ3) is 19.0. The molecule has 5 heteroatoms. The number of ether oxygens (including phenoxy) is 1. The standard InChI is InChI=1S/C21H38O4.H3N/c1-3-4-5-6-7-8-9-10-11-12-13-14-15-16-17-18-20(22)25-19(2)21(23)24;/h10-11,19H,3-9,12-18H2,1-2H3,(H,23,24);1H3/b11-10-;. The topological polar surface area (TPSA) is 103 Å². The molecule has 0 amide bonds. The van der Waals surface area contributed by atoms with E-state index in [1.54, 1.807) is 0 Å². The van der Waals surface area contributed by atoms with Gasteiger partial charge in [-0.3, -0.25) is 4.79 Å². The van der Waals surface area contributed by atoms with Gasteiger partial charge in [-0.1, -0.05) is 70.4 Å². The Morgan fingerprint density at radius 2 is 1.31 bits per heavy atom. The lowest BCUT2D eigenvalue weighted by atomic mass is 10.1. The molecule has 5 nitrogen and oxygen atoms in total. The molecular weight excluding hydrogens is 330 g/mol. The summed E-state index contributed by atoms with van der Waals surface area (Å²) in [4.78, 5) is 21.8. The highest BCUT2D eigenvalue weighted by atomic mass is 16.6. The smallest absolute Gasteiger partial charge is 0.306 e. The number of carboxylic acids is 1. The summed E-state index contributed by atoms with van der Waals surface area (Å²) in [6.07, 6.45) is 19.4. The third-order valence-electron chi connectivity index (χ3n) is 4.28. The average molecular weight is 372 g/mol. The highest BCUT2D eigenvalue weighted by Gasteiger charge is 2.09. The van der Waals surface area contributed by atoms with Crippen molar-refractivity contribution in [2.75, 3.05) is 0 Å². The molecule has 0 bridgehead atoms. The zero-order chi connectivity index (χ0) is 18.8. The van der Waals surface area contributed by atoms with Crippen LogP contribution in [0.3, 0.4) is 0 Å². The second-order valence-electron chi connectivity index (χ2n) is 6.79. The van der Waals surface area contributed by atoms with E-state index < -0.39 is 18.0 Å². The lowest BCUT2D eigenvalue weighted by molar-refractivity contribution is -0.314. The predicted octanol–water partition coefficient (Wildman–Crippen LogP) is 5.08. The Kier molecular flexibility index (Phi) is 20.6. The molecule has 0 spiro atoms. The van der Waals surface area contributed by atoms with Crippen LogP contribution in [-0.4, -0.2) is 18.0 Å². The van der Waals surface area contributed by atoms with Crippen molar-refractivity contribution in [3.63, 3.8) is 0 Å². The van der Waals surface area contributed by atoms with Crippen LogP contribution in [0.25, 0.3) is 0 Å². The van der Waals surface area contributed by atoms with Crippen LogP contribution in [0.4, 0.5) is 0 Å². The summed E-state index contributed by atoms with van der Waals surface area (Å²) in [6, 6.07) is 0. The van der Waals surface area contributed by atoms with Gasteiger partial charge in [-0.05, 0) is 39.0 Å². The average Bonchev–Trinajstić information content (AvgIpc) is 2.58. The van der Waals surface area contributed by atoms with Gasteiger partial charge < -0.3 is 20.8 Å². The summed E-state index contributed by atoms with van der Waals surface area (Å²) in [5.74, 6) is -1.80. The second-order valence-corrected chi connectivity index (χ2v) is 6.79. The zero-order valence-corrected chi connectivity index (χ0v) is 17.3. The maximum Gasteiger partial charge on any atom is 0.306 e. The molecule has 154 valence electrons. The van der Waals surface area contributed by atoms with Crippen molar-refractivity contribution in [3.8, 4) is 0 Å². The number of unbranched alkanes of at least 4 members (excludes halogenated alkanes) is 11. The Labute approximate surface area is 160 Å². The number of carbonyl (C=O) groups is 2. The quantitative estimate of drug-likeness (QED) is 0.219. The number of carboxylic acid groups (broad SMARTS) is 1. The van der Waals surface area contributed by atoms with E-state index in [2.05, 4.69) is 19.1 Å². The number of hydrogen-bond acceptors (Lipinski definition) is 4. The van der Waals surface area contributed by atoms with Crippen LogP contribution in [0.15, 0.2) is 12.2 Å². The number of rotatable bonds is 17. The van der Waals surface area contributed by atoms with Gasteiger partial charge in [0.1, 0.15) is 6.10 Å². The second kappa shape index (κ2) is 20.0. The van der Waals surface area contributed by atoms with Crippen molar-refractivity contribution in [2.45, 2.75) is 110 Å². The molecule has 0 aromatic heterocycles. The van der Waals surface area contributed by atoms with Crippen molar-refractivity contribution in [1.29, 1.82) is 0 Å². The van der Waals surface area contributed by atoms with Gasteiger partial charge in [0.05, 0.1) is 5.97 Å². The fourth-order valence-electron chi connectivity index (χ4n) is 2.64.